The minimum atomic E-state index is -0.0332. The molecule has 1 heterocycles. The average Bonchev–Trinajstić information content (AvgIpc) is 3.10. The third kappa shape index (κ3) is 4.29. The molecule has 2 aromatic rings. The maximum atomic E-state index is 12.5. The smallest absolute Gasteiger partial charge is 0.251 e. The molecule has 25 heavy (non-hydrogen) atoms. The summed E-state index contributed by atoms with van der Waals surface area (Å²) in [6.07, 6.45) is 8.97. The number of carbonyl (C=O) groups excluding carboxylic acids is 1. The van der Waals surface area contributed by atoms with E-state index in [1.807, 2.05) is 12.4 Å². The third-order valence-corrected chi connectivity index (χ3v) is 5.08. The van der Waals surface area contributed by atoms with Crippen LogP contribution in [0.25, 0.3) is 5.57 Å². The number of hydrogen-bond donors (Lipinski definition) is 1. The van der Waals surface area contributed by atoms with Gasteiger partial charge in [-0.3, -0.25) is 9.78 Å². The highest BCUT2D eigenvalue weighted by Crippen LogP contribution is 2.35. The Morgan fingerprint density at radius 2 is 2.08 bits per heavy atom. The molecule has 2 atom stereocenters. The van der Waals surface area contributed by atoms with Gasteiger partial charge in [-0.2, -0.15) is 0 Å². The number of amides is 1. The number of halogens is 1. The van der Waals surface area contributed by atoms with E-state index in [4.69, 9.17) is 11.6 Å². The van der Waals surface area contributed by atoms with Crippen molar-refractivity contribution < 1.29 is 4.79 Å². The standard InChI is InChI=1S/C21H23ClN2O/c1-3-20(24-21(25)15-6-8-19(22)9-7-15)17-5-4-16(11-17)18-10-14(2)12-23-13-18/h4,6-10,12-13,17,20H,3,5,11H2,1-2H3,(H,24,25)/t17-,20?/m0/s1. The Labute approximate surface area is 154 Å². The van der Waals surface area contributed by atoms with Crippen LogP contribution in [-0.4, -0.2) is 16.9 Å². The predicted octanol–water partition coefficient (Wildman–Crippen LogP) is 5.05. The summed E-state index contributed by atoms with van der Waals surface area (Å²) in [4.78, 5) is 16.8. The van der Waals surface area contributed by atoms with Crippen LogP contribution in [0.4, 0.5) is 0 Å². The number of aromatic nitrogens is 1. The average molecular weight is 355 g/mol. The highest BCUT2D eigenvalue weighted by Gasteiger charge is 2.27. The molecule has 1 aliphatic rings. The third-order valence-electron chi connectivity index (χ3n) is 4.83. The molecular weight excluding hydrogens is 332 g/mol. The monoisotopic (exact) mass is 354 g/mol. The second-order valence-electron chi connectivity index (χ2n) is 6.68. The molecule has 0 radical (unpaired) electrons. The Hall–Kier alpha value is -2.13. The van der Waals surface area contributed by atoms with Gasteiger partial charge < -0.3 is 5.32 Å². The lowest BCUT2D eigenvalue weighted by molar-refractivity contribution is 0.0921. The topological polar surface area (TPSA) is 42.0 Å². The minimum absolute atomic E-state index is 0.0332. The van der Waals surface area contributed by atoms with Gasteiger partial charge in [-0.25, -0.2) is 0 Å². The number of nitrogens with one attached hydrogen (secondary N) is 1. The Morgan fingerprint density at radius 1 is 1.32 bits per heavy atom. The number of nitrogens with zero attached hydrogens (tertiary/aromatic N) is 1. The summed E-state index contributed by atoms with van der Waals surface area (Å²) >= 11 is 5.89. The Morgan fingerprint density at radius 3 is 2.76 bits per heavy atom. The van der Waals surface area contributed by atoms with Crippen molar-refractivity contribution in [1.82, 2.24) is 10.3 Å². The predicted molar refractivity (Wildman–Crippen MR) is 103 cm³/mol. The van der Waals surface area contributed by atoms with E-state index in [1.54, 1.807) is 24.3 Å². The minimum Gasteiger partial charge on any atom is -0.349 e. The fourth-order valence-electron chi connectivity index (χ4n) is 3.42. The van der Waals surface area contributed by atoms with Crippen LogP contribution >= 0.6 is 11.6 Å². The van der Waals surface area contributed by atoms with Crippen molar-refractivity contribution in [2.24, 2.45) is 5.92 Å². The SMILES string of the molecule is CCC(NC(=O)c1ccc(Cl)cc1)[C@H]1CC=C(c2cncc(C)c2)C1. The maximum Gasteiger partial charge on any atom is 0.251 e. The summed E-state index contributed by atoms with van der Waals surface area (Å²) in [5, 5.41) is 3.84. The van der Waals surface area contributed by atoms with E-state index in [2.05, 4.69) is 36.3 Å². The van der Waals surface area contributed by atoms with Crippen molar-refractivity contribution in [3.05, 3.63) is 70.5 Å². The summed E-state index contributed by atoms with van der Waals surface area (Å²) in [6.45, 7) is 4.18. The summed E-state index contributed by atoms with van der Waals surface area (Å²) in [7, 11) is 0. The summed E-state index contributed by atoms with van der Waals surface area (Å²) in [5.74, 6) is 0.394. The summed E-state index contributed by atoms with van der Waals surface area (Å²) in [5.41, 5.74) is 4.35. The van der Waals surface area contributed by atoms with Crippen LogP contribution in [0.1, 0.15) is 47.7 Å². The first kappa shape index (κ1) is 17.7. The van der Waals surface area contributed by atoms with Gasteiger partial charge in [-0.05, 0) is 79.1 Å². The van der Waals surface area contributed by atoms with Crippen LogP contribution in [-0.2, 0) is 0 Å². The van der Waals surface area contributed by atoms with Crippen molar-refractivity contribution in [3.63, 3.8) is 0 Å². The molecule has 4 heteroatoms. The molecule has 1 amide bonds. The molecule has 0 bridgehead atoms. The second-order valence-corrected chi connectivity index (χ2v) is 7.11. The fourth-order valence-corrected chi connectivity index (χ4v) is 3.55. The first-order chi connectivity index (χ1) is 12.1. The van der Waals surface area contributed by atoms with Crippen LogP contribution in [0.2, 0.25) is 5.02 Å². The molecule has 130 valence electrons. The molecule has 3 nitrogen and oxygen atoms in total. The normalized spacial score (nSPS) is 17.9. The lowest BCUT2D eigenvalue weighted by Gasteiger charge is -2.24. The van der Waals surface area contributed by atoms with Gasteiger partial charge >= 0.3 is 0 Å². The van der Waals surface area contributed by atoms with Crippen LogP contribution in [0.5, 0.6) is 0 Å². The lowest BCUT2D eigenvalue weighted by Crippen LogP contribution is -2.39. The number of benzene rings is 1. The van der Waals surface area contributed by atoms with Crippen LogP contribution in [0.15, 0.2) is 48.8 Å². The highest BCUT2D eigenvalue weighted by molar-refractivity contribution is 6.30. The number of carbonyl (C=O) groups is 1. The van der Waals surface area contributed by atoms with Gasteiger partial charge in [0.25, 0.3) is 5.91 Å². The number of aryl methyl sites for hydroxylation is 1. The molecule has 1 aliphatic carbocycles. The Balaban J connectivity index is 1.64. The molecule has 1 aromatic heterocycles. The van der Waals surface area contributed by atoms with Crippen molar-refractivity contribution in [3.8, 4) is 0 Å². The number of allylic oxidation sites excluding steroid dienone is 2. The van der Waals surface area contributed by atoms with Gasteiger partial charge in [0.15, 0.2) is 0 Å². The van der Waals surface area contributed by atoms with Crippen molar-refractivity contribution in [2.45, 2.75) is 39.2 Å². The van der Waals surface area contributed by atoms with E-state index in [9.17, 15) is 4.79 Å². The highest BCUT2D eigenvalue weighted by atomic mass is 35.5. The van der Waals surface area contributed by atoms with Crippen LogP contribution in [0, 0.1) is 12.8 Å². The zero-order valence-electron chi connectivity index (χ0n) is 14.6. The number of rotatable bonds is 5. The zero-order chi connectivity index (χ0) is 17.8. The number of pyridine rings is 1. The summed E-state index contributed by atoms with van der Waals surface area (Å²) in [6, 6.07) is 9.36. The van der Waals surface area contributed by atoms with E-state index in [0.29, 0.717) is 16.5 Å². The van der Waals surface area contributed by atoms with Crippen LogP contribution in [0.3, 0.4) is 0 Å². The van der Waals surface area contributed by atoms with Crippen molar-refractivity contribution >= 4 is 23.1 Å². The van der Waals surface area contributed by atoms with Crippen molar-refractivity contribution in [1.29, 1.82) is 0 Å². The fraction of sp³-hybridized carbons (Fsp3) is 0.333. The first-order valence-electron chi connectivity index (χ1n) is 8.74. The van der Waals surface area contributed by atoms with Gasteiger partial charge in [0.2, 0.25) is 0 Å². The molecule has 1 N–H and O–H groups in total. The Kier molecular flexibility index (Phi) is 5.54. The van der Waals surface area contributed by atoms with E-state index in [-0.39, 0.29) is 11.9 Å². The second kappa shape index (κ2) is 7.83. The van der Waals surface area contributed by atoms with Gasteiger partial charge in [-0.1, -0.05) is 24.6 Å². The first-order valence-corrected chi connectivity index (χ1v) is 9.12. The molecule has 1 unspecified atom stereocenters. The van der Waals surface area contributed by atoms with Gasteiger partial charge in [-0.15, -0.1) is 0 Å². The van der Waals surface area contributed by atoms with Crippen molar-refractivity contribution in [2.75, 3.05) is 0 Å². The largest absolute Gasteiger partial charge is 0.349 e. The lowest BCUT2D eigenvalue weighted by atomic mass is 9.92. The summed E-state index contributed by atoms with van der Waals surface area (Å²) < 4.78 is 0. The van der Waals surface area contributed by atoms with E-state index < -0.39 is 0 Å². The Bertz CT molecular complexity index is 783. The molecule has 0 spiro atoms. The molecule has 1 aromatic carbocycles. The molecule has 0 saturated carbocycles. The van der Waals surface area contributed by atoms with Gasteiger partial charge in [0, 0.05) is 29.0 Å². The van der Waals surface area contributed by atoms with Crippen LogP contribution < -0.4 is 5.32 Å². The number of hydrogen-bond acceptors (Lipinski definition) is 2. The van der Waals surface area contributed by atoms with E-state index in [0.717, 1.165) is 19.3 Å². The maximum absolute atomic E-state index is 12.5. The molecule has 0 fully saturated rings. The molecule has 3 rings (SSSR count). The van der Waals surface area contributed by atoms with Gasteiger partial charge in [0.1, 0.15) is 0 Å². The quantitative estimate of drug-likeness (QED) is 0.816. The van der Waals surface area contributed by atoms with E-state index in [1.165, 1.54) is 16.7 Å². The molecule has 0 aliphatic heterocycles. The molecular formula is C21H23ClN2O. The van der Waals surface area contributed by atoms with Gasteiger partial charge in [0.05, 0.1) is 0 Å². The molecule has 0 saturated heterocycles. The zero-order valence-corrected chi connectivity index (χ0v) is 15.4. The van der Waals surface area contributed by atoms with E-state index >= 15 is 0 Å².